The van der Waals surface area contributed by atoms with E-state index < -0.39 is 5.97 Å². The molecular formula is C13H21N3O3. The van der Waals surface area contributed by atoms with E-state index in [1.807, 2.05) is 20.8 Å². The van der Waals surface area contributed by atoms with Crippen molar-refractivity contribution in [1.82, 2.24) is 14.7 Å². The van der Waals surface area contributed by atoms with Gasteiger partial charge in [0.15, 0.2) is 0 Å². The van der Waals surface area contributed by atoms with E-state index in [9.17, 15) is 9.59 Å². The van der Waals surface area contributed by atoms with Crippen LogP contribution in [-0.2, 0) is 16.1 Å². The first-order valence-electron chi connectivity index (χ1n) is 6.52. The molecule has 0 aromatic carbocycles. The van der Waals surface area contributed by atoms with Crippen molar-refractivity contribution in [2.75, 3.05) is 19.7 Å². The molecular weight excluding hydrogens is 246 g/mol. The summed E-state index contributed by atoms with van der Waals surface area (Å²) in [6, 6.07) is 1.74. The summed E-state index contributed by atoms with van der Waals surface area (Å²) >= 11 is 0. The molecule has 6 nitrogen and oxygen atoms in total. The summed E-state index contributed by atoms with van der Waals surface area (Å²) in [6.07, 6.45) is 0. The molecule has 0 N–H and O–H groups in total. The molecule has 106 valence electrons. The maximum Gasteiger partial charge on any atom is 0.325 e. The summed E-state index contributed by atoms with van der Waals surface area (Å²) in [5, 5.41) is 4.24. The predicted molar refractivity (Wildman–Crippen MR) is 70.8 cm³/mol. The van der Waals surface area contributed by atoms with Gasteiger partial charge in [-0.05, 0) is 33.8 Å². The number of esters is 1. The Morgan fingerprint density at radius 1 is 1.37 bits per heavy atom. The van der Waals surface area contributed by atoms with Gasteiger partial charge in [-0.3, -0.25) is 14.3 Å². The highest BCUT2D eigenvalue weighted by atomic mass is 16.5. The van der Waals surface area contributed by atoms with Gasteiger partial charge in [-0.1, -0.05) is 0 Å². The van der Waals surface area contributed by atoms with Crippen LogP contribution in [0, 0.1) is 6.92 Å². The molecule has 1 heterocycles. The van der Waals surface area contributed by atoms with Crippen LogP contribution in [0.5, 0.6) is 0 Å². The lowest BCUT2D eigenvalue weighted by molar-refractivity contribution is -0.143. The maximum absolute atomic E-state index is 12.4. The largest absolute Gasteiger partial charge is 0.465 e. The Morgan fingerprint density at radius 3 is 2.58 bits per heavy atom. The van der Waals surface area contributed by atoms with E-state index in [-0.39, 0.29) is 12.5 Å². The van der Waals surface area contributed by atoms with Crippen LogP contribution in [0.1, 0.15) is 37.0 Å². The molecule has 1 aromatic rings. The topological polar surface area (TPSA) is 64.4 Å². The Hall–Kier alpha value is -1.85. The number of rotatable bonds is 6. The fourth-order valence-corrected chi connectivity index (χ4v) is 1.81. The van der Waals surface area contributed by atoms with Crippen molar-refractivity contribution >= 4 is 11.9 Å². The van der Waals surface area contributed by atoms with Crippen LogP contribution >= 0.6 is 0 Å². The maximum atomic E-state index is 12.4. The van der Waals surface area contributed by atoms with Gasteiger partial charge in [0.2, 0.25) is 0 Å². The third-order valence-corrected chi connectivity index (χ3v) is 2.72. The number of nitrogens with zero attached hydrogens (tertiary/aromatic N) is 3. The molecule has 1 aromatic heterocycles. The fraction of sp³-hybridized carbons (Fsp3) is 0.615. The minimum atomic E-state index is -0.392. The van der Waals surface area contributed by atoms with Crippen molar-refractivity contribution in [3.63, 3.8) is 0 Å². The molecule has 0 bridgehead atoms. The molecule has 0 unspecified atom stereocenters. The molecule has 1 amide bonds. The van der Waals surface area contributed by atoms with E-state index in [4.69, 9.17) is 4.74 Å². The molecule has 6 heteroatoms. The Bertz CT molecular complexity index is 454. The van der Waals surface area contributed by atoms with Crippen LogP contribution in [0.15, 0.2) is 6.07 Å². The molecule has 0 radical (unpaired) electrons. The molecule has 0 atom stereocenters. The van der Waals surface area contributed by atoms with Gasteiger partial charge in [-0.15, -0.1) is 0 Å². The Balaban J connectivity index is 2.85. The minimum absolute atomic E-state index is 0.0306. The first-order valence-corrected chi connectivity index (χ1v) is 6.52. The number of hydrogen-bond acceptors (Lipinski definition) is 4. The van der Waals surface area contributed by atoms with Crippen molar-refractivity contribution in [2.24, 2.45) is 0 Å². The Kier molecular flexibility index (Phi) is 5.54. The Labute approximate surface area is 113 Å². The molecule has 0 aliphatic carbocycles. The average Bonchev–Trinajstić information content (AvgIpc) is 2.76. The monoisotopic (exact) mass is 267 g/mol. The second kappa shape index (κ2) is 6.92. The molecule has 0 fully saturated rings. The number of hydrogen-bond donors (Lipinski definition) is 0. The van der Waals surface area contributed by atoms with Crippen LogP contribution in [0.2, 0.25) is 0 Å². The van der Waals surface area contributed by atoms with Gasteiger partial charge < -0.3 is 9.64 Å². The van der Waals surface area contributed by atoms with E-state index in [0.29, 0.717) is 25.4 Å². The molecule has 0 saturated carbocycles. The van der Waals surface area contributed by atoms with E-state index in [1.165, 1.54) is 4.90 Å². The zero-order chi connectivity index (χ0) is 14.4. The van der Waals surface area contributed by atoms with Gasteiger partial charge in [0.25, 0.3) is 5.91 Å². The zero-order valence-electron chi connectivity index (χ0n) is 12.0. The van der Waals surface area contributed by atoms with E-state index >= 15 is 0 Å². The van der Waals surface area contributed by atoms with Gasteiger partial charge in [0.05, 0.1) is 12.3 Å². The molecule has 0 spiro atoms. The summed E-state index contributed by atoms with van der Waals surface area (Å²) in [5.74, 6) is -0.588. The lowest BCUT2D eigenvalue weighted by Crippen LogP contribution is -2.37. The highest BCUT2D eigenvalue weighted by molar-refractivity contribution is 5.94. The van der Waals surface area contributed by atoms with E-state index in [1.54, 1.807) is 17.7 Å². The second-order valence-electron chi connectivity index (χ2n) is 4.11. The van der Waals surface area contributed by atoms with Crippen molar-refractivity contribution in [2.45, 2.75) is 34.2 Å². The SMILES string of the molecule is CCOC(=O)CN(CC)C(=O)c1cc(C)nn1CC. The van der Waals surface area contributed by atoms with Crippen LogP contribution in [0.25, 0.3) is 0 Å². The average molecular weight is 267 g/mol. The normalized spacial score (nSPS) is 10.3. The number of ether oxygens (including phenoxy) is 1. The van der Waals surface area contributed by atoms with Crippen LogP contribution in [-0.4, -0.2) is 46.3 Å². The third-order valence-electron chi connectivity index (χ3n) is 2.72. The lowest BCUT2D eigenvalue weighted by Gasteiger charge is -2.19. The molecule has 0 aliphatic rings. The standard InChI is InChI=1S/C13H21N3O3/c1-5-15(9-12(17)19-7-3)13(18)11-8-10(4)14-16(11)6-2/h8H,5-7,9H2,1-4H3. The lowest BCUT2D eigenvalue weighted by atomic mass is 10.3. The number of aryl methyl sites for hydroxylation is 2. The summed E-state index contributed by atoms with van der Waals surface area (Å²) < 4.78 is 6.51. The van der Waals surface area contributed by atoms with Crippen LogP contribution in [0.3, 0.4) is 0 Å². The summed E-state index contributed by atoms with van der Waals surface area (Å²) in [5.41, 5.74) is 1.29. The number of aromatic nitrogens is 2. The van der Waals surface area contributed by atoms with Crippen molar-refractivity contribution in [3.8, 4) is 0 Å². The zero-order valence-corrected chi connectivity index (χ0v) is 12.0. The number of carbonyl (C=O) groups is 2. The number of carbonyl (C=O) groups excluding carboxylic acids is 2. The highest BCUT2D eigenvalue weighted by Crippen LogP contribution is 2.08. The quantitative estimate of drug-likeness (QED) is 0.727. The first kappa shape index (κ1) is 15.2. The van der Waals surface area contributed by atoms with E-state index in [2.05, 4.69) is 5.10 Å². The minimum Gasteiger partial charge on any atom is -0.465 e. The molecule has 0 saturated heterocycles. The van der Waals surface area contributed by atoms with Crippen molar-refractivity contribution < 1.29 is 14.3 Å². The molecule has 1 rings (SSSR count). The first-order chi connectivity index (χ1) is 9.03. The van der Waals surface area contributed by atoms with Crippen molar-refractivity contribution in [1.29, 1.82) is 0 Å². The number of likely N-dealkylation sites (N-methyl/N-ethyl adjacent to an activating group) is 1. The van der Waals surface area contributed by atoms with Gasteiger partial charge in [0, 0.05) is 13.1 Å². The predicted octanol–water partition coefficient (Wildman–Crippen LogP) is 1.24. The second-order valence-corrected chi connectivity index (χ2v) is 4.11. The highest BCUT2D eigenvalue weighted by Gasteiger charge is 2.21. The smallest absolute Gasteiger partial charge is 0.325 e. The number of amides is 1. The molecule has 19 heavy (non-hydrogen) atoms. The van der Waals surface area contributed by atoms with Gasteiger partial charge in [-0.2, -0.15) is 5.10 Å². The van der Waals surface area contributed by atoms with Gasteiger partial charge in [0.1, 0.15) is 12.2 Å². The Morgan fingerprint density at radius 2 is 2.05 bits per heavy atom. The summed E-state index contributed by atoms with van der Waals surface area (Å²) in [6.45, 7) is 8.68. The van der Waals surface area contributed by atoms with Gasteiger partial charge in [-0.25, -0.2) is 0 Å². The molecule has 0 aliphatic heterocycles. The summed E-state index contributed by atoms with van der Waals surface area (Å²) in [7, 11) is 0. The summed E-state index contributed by atoms with van der Waals surface area (Å²) in [4.78, 5) is 25.3. The van der Waals surface area contributed by atoms with E-state index in [0.717, 1.165) is 5.69 Å². The van der Waals surface area contributed by atoms with Gasteiger partial charge >= 0.3 is 5.97 Å². The van der Waals surface area contributed by atoms with Crippen LogP contribution < -0.4 is 0 Å². The van der Waals surface area contributed by atoms with Crippen molar-refractivity contribution in [3.05, 3.63) is 17.5 Å². The fourth-order valence-electron chi connectivity index (χ4n) is 1.81. The van der Waals surface area contributed by atoms with Crippen LogP contribution in [0.4, 0.5) is 0 Å². The third kappa shape index (κ3) is 3.81.